The Balaban J connectivity index is 2.35. The third-order valence-electron chi connectivity index (χ3n) is 5.13. The van der Waals surface area contributed by atoms with Gasteiger partial charge in [0.2, 0.25) is 0 Å². The zero-order chi connectivity index (χ0) is 21.5. The van der Waals surface area contributed by atoms with Crippen molar-refractivity contribution in [3.05, 3.63) is 45.8 Å². The van der Waals surface area contributed by atoms with E-state index in [0.29, 0.717) is 10.4 Å². The van der Waals surface area contributed by atoms with Gasteiger partial charge in [0.15, 0.2) is 8.32 Å². The van der Waals surface area contributed by atoms with Crippen molar-refractivity contribution in [3.8, 4) is 10.4 Å². The van der Waals surface area contributed by atoms with E-state index >= 15 is 0 Å². The highest BCUT2D eigenvalue weighted by molar-refractivity contribution is 7.19. The maximum Gasteiger partial charge on any atom is 0.337 e. The van der Waals surface area contributed by atoms with E-state index in [9.17, 15) is 14.9 Å². The van der Waals surface area contributed by atoms with Gasteiger partial charge in [0.05, 0.1) is 16.2 Å². The molecule has 2 N–H and O–H groups in total. The van der Waals surface area contributed by atoms with Crippen LogP contribution in [-0.2, 0) is 10.0 Å². The van der Waals surface area contributed by atoms with Gasteiger partial charge in [-0.3, -0.25) is 19.9 Å². The molecule has 0 atom stereocenters. The Morgan fingerprint density at radius 2 is 1.86 bits per heavy atom. The average Bonchev–Trinajstić information content (AvgIpc) is 2.99. The number of hydrogen-bond donors (Lipinski definition) is 1. The van der Waals surface area contributed by atoms with E-state index in [1.165, 1.54) is 6.07 Å². The standard InChI is InChI=1S/C19H27N3O4SSi/c1-18(2,3)28(6,7)26-19(4,5)15-9-8-12(11-21-15)14-10-13(16(20)23)17(27-14)22(24)25/h8-11H,1-7H3,(H2,20,23). The molecule has 7 nitrogen and oxygen atoms in total. The van der Waals surface area contributed by atoms with Gasteiger partial charge in [0, 0.05) is 16.6 Å². The van der Waals surface area contributed by atoms with Crippen LogP contribution in [0.1, 0.15) is 50.7 Å². The molecule has 0 aliphatic carbocycles. The highest BCUT2D eigenvalue weighted by atomic mass is 32.1. The average molecular weight is 422 g/mol. The minimum Gasteiger partial charge on any atom is -0.406 e. The maximum absolute atomic E-state index is 11.5. The van der Waals surface area contributed by atoms with Gasteiger partial charge >= 0.3 is 5.00 Å². The van der Waals surface area contributed by atoms with Crippen LogP contribution in [0.4, 0.5) is 5.00 Å². The van der Waals surface area contributed by atoms with Gasteiger partial charge in [0.1, 0.15) is 5.56 Å². The molecule has 9 heteroatoms. The zero-order valence-electron chi connectivity index (χ0n) is 17.3. The van der Waals surface area contributed by atoms with Gasteiger partial charge < -0.3 is 10.2 Å². The molecule has 0 fully saturated rings. The first-order chi connectivity index (χ1) is 12.7. The fraction of sp³-hybridized carbons (Fsp3) is 0.474. The van der Waals surface area contributed by atoms with Crippen molar-refractivity contribution in [3.63, 3.8) is 0 Å². The van der Waals surface area contributed by atoms with Crippen molar-refractivity contribution in [2.45, 2.75) is 58.4 Å². The lowest BCUT2D eigenvalue weighted by Crippen LogP contribution is -2.46. The monoisotopic (exact) mass is 421 g/mol. The molecule has 2 heterocycles. The summed E-state index contributed by atoms with van der Waals surface area (Å²) >= 11 is 0.911. The molecule has 1 amide bonds. The fourth-order valence-corrected chi connectivity index (χ4v) is 5.23. The van der Waals surface area contributed by atoms with E-state index in [2.05, 4.69) is 38.8 Å². The summed E-state index contributed by atoms with van der Waals surface area (Å²) in [7, 11) is -1.99. The molecule has 0 unspecified atom stereocenters. The van der Waals surface area contributed by atoms with E-state index in [4.69, 9.17) is 10.2 Å². The van der Waals surface area contributed by atoms with Crippen molar-refractivity contribution >= 4 is 30.6 Å². The molecule has 0 aliphatic rings. The first-order valence-corrected chi connectivity index (χ1v) is 12.6. The minimum atomic E-state index is -1.99. The van der Waals surface area contributed by atoms with Gasteiger partial charge in [-0.05, 0) is 44.1 Å². The van der Waals surface area contributed by atoms with E-state index in [1.54, 1.807) is 6.20 Å². The lowest BCUT2D eigenvalue weighted by molar-refractivity contribution is -0.380. The fourth-order valence-electron chi connectivity index (χ4n) is 2.57. The van der Waals surface area contributed by atoms with Crippen molar-refractivity contribution in [1.82, 2.24) is 4.98 Å². The van der Waals surface area contributed by atoms with Crippen molar-refractivity contribution in [2.75, 3.05) is 0 Å². The number of nitrogens with two attached hydrogens (primary N) is 1. The zero-order valence-corrected chi connectivity index (χ0v) is 19.1. The quantitative estimate of drug-likeness (QED) is 0.398. The molecule has 0 saturated heterocycles. The molecule has 0 spiro atoms. The normalized spacial score (nSPS) is 12.8. The SMILES string of the molecule is CC(C)(O[Si](C)(C)C(C)(C)C)c1ccc(-c2cc(C(N)=O)c([N+](=O)[O-])s2)cn1. The van der Waals surface area contributed by atoms with Crippen LogP contribution in [0.15, 0.2) is 24.4 Å². The number of pyridine rings is 1. The Labute approximate surface area is 170 Å². The number of nitro groups is 1. The Kier molecular flexibility index (Phi) is 5.85. The summed E-state index contributed by atoms with van der Waals surface area (Å²) < 4.78 is 6.54. The summed E-state index contributed by atoms with van der Waals surface area (Å²) in [4.78, 5) is 27.1. The molecule has 0 saturated carbocycles. The number of carbonyl (C=O) groups is 1. The highest BCUT2D eigenvalue weighted by Crippen LogP contribution is 2.42. The Bertz CT molecular complexity index is 867. The summed E-state index contributed by atoms with van der Waals surface area (Å²) in [6, 6.07) is 5.14. The molecule has 2 aromatic rings. The van der Waals surface area contributed by atoms with Crippen LogP contribution in [-0.4, -0.2) is 24.1 Å². The number of thiophene rings is 1. The van der Waals surface area contributed by atoms with Crippen LogP contribution in [0.2, 0.25) is 18.1 Å². The largest absolute Gasteiger partial charge is 0.406 e. The van der Waals surface area contributed by atoms with E-state index < -0.39 is 24.7 Å². The Morgan fingerprint density at radius 3 is 2.25 bits per heavy atom. The predicted molar refractivity (Wildman–Crippen MR) is 114 cm³/mol. The van der Waals surface area contributed by atoms with Gasteiger partial charge in [-0.15, -0.1) is 0 Å². The third-order valence-corrected chi connectivity index (χ3v) is 10.9. The van der Waals surface area contributed by atoms with Crippen LogP contribution < -0.4 is 5.73 Å². The number of aromatic nitrogens is 1. The summed E-state index contributed by atoms with van der Waals surface area (Å²) in [5.41, 5.74) is 6.07. The first kappa shape index (κ1) is 22.2. The van der Waals surface area contributed by atoms with Gasteiger partial charge in [-0.25, -0.2) is 0 Å². The van der Waals surface area contributed by atoms with Crippen molar-refractivity contribution < 1.29 is 14.1 Å². The summed E-state index contributed by atoms with van der Waals surface area (Å²) in [6.07, 6.45) is 1.65. The van der Waals surface area contributed by atoms with Gasteiger partial charge in [0.25, 0.3) is 5.91 Å². The summed E-state index contributed by atoms with van der Waals surface area (Å²) in [5, 5.41) is 11.0. The van der Waals surface area contributed by atoms with Gasteiger partial charge in [-0.1, -0.05) is 38.2 Å². The molecular weight excluding hydrogens is 394 g/mol. The van der Waals surface area contributed by atoms with Crippen molar-refractivity contribution in [1.29, 1.82) is 0 Å². The number of nitrogens with zero attached hydrogens (tertiary/aromatic N) is 2. The smallest absolute Gasteiger partial charge is 0.337 e. The predicted octanol–water partition coefficient (Wildman–Crippen LogP) is 5.07. The molecule has 0 aromatic carbocycles. The molecular formula is C19H27N3O4SSi. The maximum atomic E-state index is 11.5. The van der Waals surface area contributed by atoms with Crippen LogP contribution in [0, 0.1) is 10.1 Å². The Morgan fingerprint density at radius 1 is 1.25 bits per heavy atom. The molecule has 0 bridgehead atoms. The number of carbonyl (C=O) groups excluding carboxylic acids is 1. The number of amides is 1. The van der Waals surface area contributed by atoms with E-state index in [0.717, 1.165) is 17.0 Å². The van der Waals surface area contributed by atoms with Crippen molar-refractivity contribution in [2.24, 2.45) is 5.73 Å². The molecule has 0 aliphatic heterocycles. The lowest BCUT2D eigenvalue weighted by atomic mass is 10.0. The second kappa shape index (κ2) is 7.38. The van der Waals surface area contributed by atoms with E-state index in [-0.39, 0.29) is 15.6 Å². The van der Waals surface area contributed by atoms with Crippen LogP contribution in [0.5, 0.6) is 0 Å². The van der Waals surface area contributed by atoms with Crippen LogP contribution in [0.3, 0.4) is 0 Å². The lowest BCUT2D eigenvalue weighted by Gasteiger charge is -2.42. The molecule has 2 aromatic heterocycles. The number of primary amides is 1. The van der Waals surface area contributed by atoms with Gasteiger partial charge in [-0.2, -0.15) is 0 Å². The number of rotatable bonds is 6. The topological polar surface area (TPSA) is 108 Å². The molecule has 152 valence electrons. The molecule has 2 rings (SSSR count). The minimum absolute atomic E-state index is 0.0747. The highest BCUT2D eigenvalue weighted by Gasteiger charge is 2.42. The summed E-state index contributed by atoms with van der Waals surface area (Å²) in [6.45, 7) is 14.9. The first-order valence-electron chi connectivity index (χ1n) is 8.91. The summed E-state index contributed by atoms with van der Waals surface area (Å²) in [5.74, 6) is -0.817. The third kappa shape index (κ3) is 4.48. The molecule has 28 heavy (non-hydrogen) atoms. The molecule has 0 radical (unpaired) electrons. The van der Waals surface area contributed by atoms with Crippen LogP contribution >= 0.6 is 11.3 Å². The van der Waals surface area contributed by atoms with E-state index in [1.807, 2.05) is 26.0 Å². The Hall–Kier alpha value is -2.10. The second-order valence-corrected chi connectivity index (χ2v) is 14.5. The van der Waals surface area contributed by atoms with Crippen LogP contribution in [0.25, 0.3) is 10.4 Å². The second-order valence-electron chi connectivity index (χ2n) is 8.76. The number of hydrogen-bond acceptors (Lipinski definition) is 6.